The molecule has 1 aromatic rings. The van der Waals surface area contributed by atoms with E-state index in [4.69, 9.17) is 11.6 Å². The van der Waals surface area contributed by atoms with Crippen LogP contribution < -0.4 is 4.72 Å². The fourth-order valence-electron chi connectivity index (χ4n) is 1.67. The molecule has 0 amide bonds. The quantitative estimate of drug-likeness (QED) is 0.749. The number of benzene rings is 1. The van der Waals surface area contributed by atoms with Crippen LogP contribution in [0.5, 0.6) is 0 Å². The van der Waals surface area contributed by atoms with Gasteiger partial charge in [-0.25, -0.2) is 13.1 Å². The van der Waals surface area contributed by atoms with Crippen LogP contribution >= 0.6 is 23.4 Å². The average Bonchev–Trinajstić information content (AvgIpc) is 2.39. The van der Waals surface area contributed by atoms with Gasteiger partial charge in [-0.05, 0) is 36.8 Å². The molecule has 1 N–H and O–H groups in total. The minimum Gasteiger partial charge on any atom is -0.207 e. The number of halogens is 1. The first kappa shape index (κ1) is 16.8. The standard InChI is InChI=1S/C13H20ClNO2S2/c1-3-12(10-18-2)15-19(16,17)13-6-4-11(5-7-13)8-9-14/h4-7,12,15H,3,8-10H2,1-2H3. The molecule has 0 saturated carbocycles. The number of hydrogen-bond acceptors (Lipinski definition) is 3. The van der Waals surface area contributed by atoms with Crippen molar-refractivity contribution in [1.29, 1.82) is 0 Å². The monoisotopic (exact) mass is 321 g/mol. The van der Waals surface area contributed by atoms with Crippen LogP contribution in [0.2, 0.25) is 0 Å². The fourth-order valence-corrected chi connectivity index (χ4v) is 4.03. The lowest BCUT2D eigenvalue weighted by atomic mass is 10.2. The highest BCUT2D eigenvalue weighted by Crippen LogP contribution is 2.13. The number of alkyl halides is 1. The van der Waals surface area contributed by atoms with Gasteiger partial charge in [-0.1, -0.05) is 19.1 Å². The molecule has 0 radical (unpaired) electrons. The van der Waals surface area contributed by atoms with E-state index in [9.17, 15) is 8.42 Å². The summed E-state index contributed by atoms with van der Waals surface area (Å²) in [5, 5.41) is 0. The number of aryl methyl sites for hydroxylation is 1. The summed E-state index contributed by atoms with van der Waals surface area (Å²) < 4.78 is 27.1. The molecule has 0 heterocycles. The SMILES string of the molecule is CCC(CSC)NS(=O)(=O)c1ccc(CCCl)cc1. The largest absolute Gasteiger partial charge is 0.240 e. The molecule has 19 heavy (non-hydrogen) atoms. The first-order valence-electron chi connectivity index (χ1n) is 6.19. The molecule has 0 aliphatic heterocycles. The van der Waals surface area contributed by atoms with Crippen LogP contribution in [0.25, 0.3) is 0 Å². The summed E-state index contributed by atoms with van der Waals surface area (Å²) in [6, 6.07) is 6.87. The van der Waals surface area contributed by atoms with Crippen molar-refractivity contribution in [2.75, 3.05) is 17.9 Å². The minimum absolute atomic E-state index is 0.0254. The van der Waals surface area contributed by atoms with Crippen LogP contribution in [0.1, 0.15) is 18.9 Å². The van der Waals surface area contributed by atoms with E-state index in [1.807, 2.05) is 25.3 Å². The van der Waals surface area contributed by atoms with Gasteiger partial charge >= 0.3 is 0 Å². The van der Waals surface area contributed by atoms with E-state index < -0.39 is 10.0 Å². The average molecular weight is 322 g/mol. The zero-order valence-electron chi connectivity index (χ0n) is 11.2. The second-order valence-corrected chi connectivity index (χ2v) is 7.27. The Bertz CT molecular complexity index is 474. The van der Waals surface area contributed by atoms with Crippen LogP contribution in [0, 0.1) is 0 Å². The predicted molar refractivity (Wildman–Crippen MR) is 83.6 cm³/mol. The lowest BCUT2D eigenvalue weighted by molar-refractivity contribution is 0.558. The number of rotatable bonds is 8. The summed E-state index contributed by atoms with van der Waals surface area (Å²) in [5.74, 6) is 1.32. The van der Waals surface area contributed by atoms with Crippen molar-refractivity contribution in [3.05, 3.63) is 29.8 Å². The molecule has 1 unspecified atom stereocenters. The van der Waals surface area contributed by atoms with Crippen LogP contribution in [-0.2, 0) is 16.4 Å². The first-order chi connectivity index (χ1) is 9.03. The Morgan fingerprint density at radius 3 is 2.42 bits per heavy atom. The third kappa shape index (κ3) is 5.34. The maximum atomic E-state index is 12.2. The Morgan fingerprint density at radius 1 is 1.32 bits per heavy atom. The van der Waals surface area contributed by atoms with Gasteiger partial charge in [-0.2, -0.15) is 11.8 Å². The molecule has 1 rings (SSSR count). The number of hydrogen-bond donors (Lipinski definition) is 1. The van der Waals surface area contributed by atoms with Crippen molar-refractivity contribution in [2.45, 2.75) is 30.7 Å². The third-order valence-electron chi connectivity index (χ3n) is 2.80. The van der Waals surface area contributed by atoms with E-state index in [-0.39, 0.29) is 6.04 Å². The zero-order chi connectivity index (χ0) is 14.3. The van der Waals surface area contributed by atoms with E-state index in [2.05, 4.69) is 4.72 Å². The normalized spacial score (nSPS) is 13.4. The minimum atomic E-state index is -3.42. The number of nitrogens with one attached hydrogen (secondary N) is 1. The highest BCUT2D eigenvalue weighted by atomic mass is 35.5. The van der Waals surface area contributed by atoms with Gasteiger partial charge in [0.25, 0.3) is 0 Å². The second kappa shape index (κ2) is 8.15. The van der Waals surface area contributed by atoms with Crippen LogP contribution in [0.15, 0.2) is 29.2 Å². The van der Waals surface area contributed by atoms with Gasteiger partial charge in [-0.15, -0.1) is 11.6 Å². The third-order valence-corrected chi connectivity index (χ3v) is 5.26. The second-order valence-electron chi connectivity index (χ2n) is 4.26. The Labute approximate surface area is 125 Å². The summed E-state index contributed by atoms with van der Waals surface area (Å²) >= 11 is 7.29. The Morgan fingerprint density at radius 2 is 1.95 bits per heavy atom. The topological polar surface area (TPSA) is 46.2 Å². The molecule has 0 saturated heterocycles. The van der Waals surface area contributed by atoms with Crippen molar-refractivity contribution in [2.24, 2.45) is 0 Å². The van der Waals surface area contributed by atoms with Gasteiger partial charge in [0.05, 0.1) is 4.90 Å². The lowest BCUT2D eigenvalue weighted by Crippen LogP contribution is -2.36. The summed E-state index contributed by atoms with van der Waals surface area (Å²) in [7, 11) is -3.42. The Hall–Kier alpha value is -0.230. The molecule has 0 fully saturated rings. The summed E-state index contributed by atoms with van der Waals surface area (Å²) in [6.45, 7) is 1.98. The van der Waals surface area contributed by atoms with E-state index >= 15 is 0 Å². The van der Waals surface area contributed by atoms with E-state index in [1.54, 1.807) is 23.9 Å². The van der Waals surface area contributed by atoms with Crippen LogP contribution in [0.3, 0.4) is 0 Å². The van der Waals surface area contributed by atoms with Crippen molar-refractivity contribution in [3.8, 4) is 0 Å². The van der Waals surface area contributed by atoms with Gasteiger partial charge in [0.2, 0.25) is 10.0 Å². The fraction of sp³-hybridized carbons (Fsp3) is 0.538. The number of sulfonamides is 1. The molecule has 108 valence electrons. The molecule has 1 atom stereocenters. The Balaban J connectivity index is 2.81. The van der Waals surface area contributed by atoms with Gasteiger partial charge in [0.1, 0.15) is 0 Å². The summed E-state index contributed by atoms with van der Waals surface area (Å²) in [6.07, 6.45) is 3.50. The van der Waals surface area contributed by atoms with Gasteiger partial charge in [-0.3, -0.25) is 0 Å². The lowest BCUT2D eigenvalue weighted by Gasteiger charge is -2.16. The maximum Gasteiger partial charge on any atom is 0.240 e. The summed E-state index contributed by atoms with van der Waals surface area (Å²) in [5.41, 5.74) is 1.05. The van der Waals surface area contributed by atoms with Crippen molar-refractivity contribution >= 4 is 33.4 Å². The molecule has 1 aromatic carbocycles. The van der Waals surface area contributed by atoms with Crippen LogP contribution in [0.4, 0.5) is 0 Å². The smallest absolute Gasteiger partial charge is 0.207 e. The molecule has 0 bridgehead atoms. The molecule has 6 heteroatoms. The van der Waals surface area contributed by atoms with E-state index in [1.165, 1.54) is 0 Å². The summed E-state index contributed by atoms with van der Waals surface area (Å²) in [4.78, 5) is 0.311. The molecule has 0 aromatic heterocycles. The van der Waals surface area contributed by atoms with Gasteiger partial charge in [0.15, 0.2) is 0 Å². The highest BCUT2D eigenvalue weighted by Gasteiger charge is 2.18. The van der Waals surface area contributed by atoms with Gasteiger partial charge in [0, 0.05) is 17.7 Å². The van der Waals surface area contributed by atoms with E-state index in [0.29, 0.717) is 10.8 Å². The zero-order valence-corrected chi connectivity index (χ0v) is 13.6. The first-order valence-corrected chi connectivity index (χ1v) is 9.60. The predicted octanol–water partition coefficient (Wildman–Crippen LogP) is 2.89. The Kier molecular flexibility index (Phi) is 7.21. The van der Waals surface area contributed by atoms with Crippen molar-refractivity contribution in [3.63, 3.8) is 0 Å². The maximum absolute atomic E-state index is 12.2. The molecule has 0 aliphatic rings. The van der Waals surface area contributed by atoms with Crippen molar-refractivity contribution in [1.82, 2.24) is 4.72 Å². The van der Waals surface area contributed by atoms with Crippen LogP contribution in [-0.4, -0.2) is 32.3 Å². The molecule has 3 nitrogen and oxygen atoms in total. The highest BCUT2D eigenvalue weighted by molar-refractivity contribution is 7.98. The molecule has 0 spiro atoms. The molecule has 0 aliphatic carbocycles. The number of thioether (sulfide) groups is 1. The van der Waals surface area contributed by atoms with E-state index in [0.717, 1.165) is 24.2 Å². The molecular weight excluding hydrogens is 302 g/mol. The van der Waals surface area contributed by atoms with Gasteiger partial charge < -0.3 is 0 Å². The van der Waals surface area contributed by atoms with Crippen molar-refractivity contribution < 1.29 is 8.42 Å². The molecular formula is C13H20ClNO2S2.